The lowest BCUT2D eigenvalue weighted by Crippen LogP contribution is -2.38. The molecule has 0 radical (unpaired) electrons. The number of hydrogen-bond acceptors (Lipinski definition) is 3. The summed E-state index contributed by atoms with van der Waals surface area (Å²) >= 11 is 0. The van der Waals surface area contributed by atoms with Gasteiger partial charge in [0.2, 0.25) is 11.8 Å². The fourth-order valence-electron chi connectivity index (χ4n) is 3.56. The van der Waals surface area contributed by atoms with Crippen LogP contribution in [0.15, 0.2) is 0 Å². The van der Waals surface area contributed by atoms with Crippen molar-refractivity contribution in [2.24, 2.45) is 11.8 Å². The molecule has 2 rings (SSSR count). The summed E-state index contributed by atoms with van der Waals surface area (Å²) < 4.78 is 0. The van der Waals surface area contributed by atoms with Crippen LogP contribution in [-0.2, 0) is 9.59 Å². The molecule has 1 saturated carbocycles. The first-order chi connectivity index (χ1) is 9.97. The number of likely N-dealkylation sites (tertiary alicyclic amines) is 1. The quantitative estimate of drug-likeness (QED) is 0.776. The Morgan fingerprint density at radius 3 is 2.67 bits per heavy atom. The third-order valence-electron chi connectivity index (χ3n) is 4.66. The van der Waals surface area contributed by atoms with Crippen molar-refractivity contribution in [3.8, 4) is 0 Å². The van der Waals surface area contributed by atoms with Crippen molar-refractivity contribution in [1.82, 2.24) is 10.2 Å². The molecule has 2 fully saturated rings. The van der Waals surface area contributed by atoms with Crippen LogP contribution in [0.3, 0.4) is 0 Å². The van der Waals surface area contributed by atoms with E-state index in [2.05, 4.69) is 5.32 Å². The molecule has 0 spiro atoms. The molecular weight excluding hydrogens is 268 g/mol. The summed E-state index contributed by atoms with van der Waals surface area (Å²) in [5.74, 6) is 0.175. The monoisotopic (exact) mass is 296 g/mol. The number of nitrogens with one attached hydrogen (secondary N) is 1. The molecule has 1 aliphatic carbocycles. The fourth-order valence-corrected chi connectivity index (χ4v) is 3.56. The van der Waals surface area contributed by atoms with Gasteiger partial charge in [-0.05, 0) is 32.1 Å². The van der Waals surface area contributed by atoms with E-state index in [-0.39, 0.29) is 29.8 Å². The van der Waals surface area contributed by atoms with Crippen molar-refractivity contribution in [3.05, 3.63) is 0 Å². The van der Waals surface area contributed by atoms with Crippen LogP contribution in [0, 0.1) is 11.8 Å². The van der Waals surface area contributed by atoms with E-state index in [1.807, 2.05) is 11.8 Å². The molecule has 1 saturated heterocycles. The van der Waals surface area contributed by atoms with Crippen LogP contribution in [0.25, 0.3) is 0 Å². The molecule has 0 aromatic heterocycles. The van der Waals surface area contributed by atoms with Crippen molar-refractivity contribution < 1.29 is 14.7 Å². The Bertz CT molecular complexity index is 378. The molecule has 5 nitrogen and oxygen atoms in total. The maximum absolute atomic E-state index is 12.2. The van der Waals surface area contributed by atoms with Gasteiger partial charge in [0, 0.05) is 25.6 Å². The second-order valence-corrected chi connectivity index (χ2v) is 6.82. The fraction of sp³-hybridized carbons (Fsp3) is 0.875. The molecular formula is C16H28N2O3. The highest BCUT2D eigenvalue weighted by Gasteiger charge is 2.38. The maximum Gasteiger partial charge on any atom is 0.225 e. The molecule has 3 unspecified atom stereocenters. The van der Waals surface area contributed by atoms with Crippen molar-refractivity contribution in [2.45, 2.75) is 64.5 Å². The third kappa shape index (κ3) is 4.43. The molecule has 0 bridgehead atoms. The largest absolute Gasteiger partial charge is 0.393 e. The standard InChI is InChI=1S/C16H28N2O3/c1-11(7-12(2)19)9-17-16(21)13-8-15(20)18(10-13)14-5-3-4-6-14/h11-14,19H,3-10H2,1-2H3,(H,17,21). The SMILES string of the molecule is CC(O)CC(C)CNC(=O)C1CC(=O)N(C2CCCC2)C1. The van der Waals surface area contributed by atoms with E-state index in [4.69, 9.17) is 0 Å². The third-order valence-corrected chi connectivity index (χ3v) is 4.66. The average molecular weight is 296 g/mol. The van der Waals surface area contributed by atoms with Gasteiger partial charge < -0.3 is 15.3 Å². The summed E-state index contributed by atoms with van der Waals surface area (Å²) in [6, 6.07) is 0.365. The maximum atomic E-state index is 12.2. The van der Waals surface area contributed by atoms with E-state index in [9.17, 15) is 14.7 Å². The van der Waals surface area contributed by atoms with Gasteiger partial charge in [0.25, 0.3) is 0 Å². The normalized spacial score (nSPS) is 26.1. The number of amides is 2. The van der Waals surface area contributed by atoms with Crippen molar-refractivity contribution >= 4 is 11.8 Å². The van der Waals surface area contributed by atoms with Crippen molar-refractivity contribution in [2.75, 3.05) is 13.1 Å². The van der Waals surface area contributed by atoms with Crippen LogP contribution < -0.4 is 5.32 Å². The summed E-state index contributed by atoms with van der Waals surface area (Å²) in [6.07, 6.45) is 5.26. The molecule has 0 aromatic carbocycles. The van der Waals surface area contributed by atoms with Crippen LogP contribution in [0.1, 0.15) is 52.4 Å². The van der Waals surface area contributed by atoms with Gasteiger partial charge >= 0.3 is 0 Å². The van der Waals surface area contributed by atoms with Crippen LogP contribution in [0.5, 0.6) is 0 Å². The number of carbonyl (C=O) groups is 2. The Morgan fingerprint density at radius 1 is 1.38 bits per heavy atom. The first-order valence-corrected chi connectivity index (χ1v) is 8.22. The van der Waals surface area contributed by atoms with E-state index in [0.29, 0.717) is 32.0 Å². The number of aliphatic hydroxyl groups excluding tert-OH is 1. The van der Waals surface area contributed by atoms with Gasteiger partial charge in [0.15, 0.2) is 0 Å². The van der Waals surface area contributed by atoms with Gasteiger partial charge in [-0.25, -0.2) is 0 Å². The molecule has 1 heterocycles. The summed E-state index contributed by atoms with van der Waals surface area (Å²) in [7, 11) is 0. The lowest BCUT2D eigenvalue weighted by atomic mass is 10.0. The zero-order valence-electron chi connectivity index (χ0n) is 13.2. The minimum atomic E-state index is -0.345. The van der Waals surface area contributed by atoms with Gasteiger partial charge in [-0.3, -0.25) is 9.59 Å². The molecule has 2 aliphatic rings. The molecule has 1 aliphatic heterocycles. The first-order valence-electron chi connectivity index (χ1n) is 8.22. The predicted octanol–water partition coefficient (Wildman–Crippen LogP) is 1.30. The van der Waals surface area contributed by atoms with E-state index >= 15 is 0 Å². The number of rotatable bonds is 6. The molecule has 0 aromatic rings. The zero-order valence-corrected chi connectivity index (χ0v) is 13.2. The summed E-state index contributed by atoms with van der Waals surface area (Å²) in [4.78, 5) is 26.2. The molecule has 2 amide bonds. The number of carbonyl (C=O) groups excluding carboxylic acids is 2. The Hall–Kier alpha value is -1.10. The molecule has 3 atom stereocenters. The molecule has 21 heavy (non-hydrogen) atoms. The van der Waals surface area contributed by atoms with Gasteiger partial charge in [-0.15, -0.1) is 0 Å². The summed E-state index contributed by atoms with van der Waals surface area (Å²) in [5, 5.41) is 12.3. The average Bonchev–Trinajstić information content (AvgIpc) is 3.03. The van der Waals surface area contributed by atoms with E-state index in [1.54, 1.807) is 6.92 Å². The zero-order chi connectivity index (χ0) is 15.4. The van der Waals surface area contributed by atoms with Gasteiger partial charge in [-0.2, -0.15) is 0 Å². The van der Waals surface area contributed by atoms with E-state index in [0.717, 1.165) is 12.8 Å². The van der Waals surface area contributed by atoms with Crippen LogP contribution in [-0.4, -0.2) is 47.1 Å². The lowest BCUT2D eigenvalue weighted by molar-refractivity contribution is -0.130. The van der Waals surface area contributed by atoms with E-state index < -0.39 is 0 Å². The Balaban J connectivity index is 1.77. The minimum Gasteiger partial charge on any atom is -0.393 e. The smallest absolute Gasteiger partial charge is 0.225 e. The predicted molar refractivity (Wildman–Crippen MR) is 80.5 cm³/mol. The van der Waals surface area contributed by atoms with Crippen molar-refractivity contribution in [1.29, 1.82) is 0 Å². The highest BCUT2D eigenvalue weighted by atomic mass is 16.3. The summed E-state index contributed by atoms with van der Waals surface area (Å²) in [6.45, 7) is 4.92. The van der Waals surface area contributed by atoms with Gasteiger partial charge in [0.1, 0.15) is 0 Å². The topological polar surface area (TPSA) is 69.6 Å². The van der Waals surface area contributed by atoms with Crippen LogP contribution >= 0.6 is 0 Å². The number of hydrogen-bond donors (Lipinski definition) is 2. The molecule has 5 heteroatoms. The Kier molecular flexibility index (Phi) is 5.62. The van der Waals surface area contributed by atoms with Crippen molar-refractivity contribution in [3.63, 3.8) is 0 Å². The highest BCUT2D eigenvalue weighted by molar-refractivity contribution is 5.89. The minimum absolute atomic E-state index is 0.0127. The molecule has 120 valence electrons. The van der Waals surface area contributed by atoms with Gasteiger partial charge in [0.05, 0.1) is 12.0 Å². The number of nitrogens with zero attached hydrogens (tertiary/aromatic N) is 1. The molecule has 2 N–H and O–H groups in total. The first kappa shape index (κ1) is 16.3. The highest BCUT2D eigenvalue weighted by Crippen LogP contribution is 2.29. The lowest BCUT2D eigenvalue weighted by Gasteiger charge is -2.24. The van der Waals surface area contributed by atoms with Crippen LogP contribution in [0.2, 0.25) is 0 Å². The van der Waals surface area contributed by atoms with Gasteiger partial charge in [-0.1, -0.05) is 19.8 Å². The second kappa shape index (κ2) is 7.25. The Labute approximate surface area is 127 Å². The second-order valence-electron chi connectivity index (χ2n) is 6.82. The number of aliphatic hydroxyl groups is 1. The van der Waals surface area contributed by atoms with Crippen LogP contribution in [0.4, 0.5) is 0 Å². The Morgan fingerprint density at radius 2 is 2.05 bits per heavy atom. The van der Waals surface area contributed by atoms with E-state index in [1.165, 1.54) is 12.8 Å². The summed E-state index contributed by atoms with van der Waals surface area (Å²) in [5.41, 5.74) is 0.